The molecule has 0 fully saturated rings. The minimum atomic E-state index is -0.267. The standard InChI is InChI=1S/C17H22N4O3/c1-12-10-14(20-17(18-2)19-12)16(23)21(8-9-22)11-13-6-4-5-7-15(13)24-3/h4-7,10,22H,8-9,11H2,1-3H3,(H,18,19,20). The Morgan fingerprint density at radius 2 is 2.08 bits per heavy atom. The second-order valence-electron chi connectivity index (χ2n) is 5.23. The zero-order valence-electron chi connectivity index (χ0n) is 14.1. The Balaban J connectivity index is 2.29. The number of nitrogens with one attached hydrogen (secondary N) is 1. The van der Waals surface area contributed by atoms with E-state index in [0.717, 1.165) is 5.56 Å². The van der Waals surface area contributed by atoms with Crippen LogP contribution in [0, 0.1) is 6.92 Å². The molecule has 7 nitrogen and oxygen atoms in total. The van der Waals surface area contributed by atoms with Gasteiger partial charge >= 0.3 is 0 Å². The van der Waals surface area contributed by atoms with E-state index < -0.39 is 0 Å². The number of rotatable bonds is 7. The first-order valence-electron chi connectivity index (χ1n) is 7.64. The number of carbonyl (C=O) groups excluding carboxylic acids is 1. The fourth-order valence-electron chi connectivity index (χ4n) is 2.36. The van der Waals surface area contributed by atoms with Gasteiger partial charge in [-0.3, -0.25) is 4.79 Å². The Morgan fingerprint density at radius 3 is 2.75 bits per heavy atom. The molecule has 128 valence electrons. The largest absolute Gasteiger partial charge is 0.496 e. The van der Waals surface area contributed by atoms with E-state index in [1.165, 1.54) is 0 Å². The smallest absolute Gasteiger partial charge is 0.273 e. The summed E-state index contributed by atoms with van der Waals surface area (Å²) in [5.41, 5.74) is 1.84. The second-order valence-corrected chi connectivity index (χ2v) is 5.23. The van der Waals surface area contributed by atoms with Crippen LogP contribution in [0.2, 0.25) is 0 Å². The lowest BCUT2D eigenvalue weighted by Gasteiger charge is -2.22. The summed E-state index contributed by atoms with van der Waals surface area (Å²) in [7, 11) is 3.29. The Kier molecular flexibility index (Phi) is 6.08. The minimum absolute atomic E-state index is 0.135. The molecule has 2 aromatic rings. The van der Waals surface area contributed by atoms with Gasteiger partial charge in [-0.15, -0.1) is 0 Å². The molecule has 2 N–H and O–H groups in total. The van der Waals surface area contributed by atoms with Crippen LogP contribution < -0.4 is 10.1 Å². The quantitative estimate of drug-likeness (QED) is 0.799. The van der Waals surface area contributed by atoms with Gasteiger partial charge in [0.05, 0.1) is 13.7 Å². The third-order valence-electron chi connectivity index (χ3n) is 3.51. The van der Waals surface area contributed by atoms with Gasteiger partial charge in [-0.1, -0.05) is 18.2 Å². The fourth-order valence-corrected chi connectivity index (χ4v) is 2.36. The highest BCUT2D eigenvalue weighted by atomic mass is 16.5. The Morgan fingerprint density at radius 1 is 1.33 bits per heavy atom. The zero-order chi connectivity index (χ0) is 17.5. The number of hydrogen-bond acceptors (Lipinski definition) is 6. The van der Waals surface area contributed by atoms with E-state index in [1.807, 2.05) is 24.3 Å². The number of benzene rings is 1. The molecule has 0 unspecified atom stereocenters. The molecule has 1 amide bonds. The summed E-state index contributed by atoms with van der Waals surface area (Å²) in [5, 5.41) is 12.2. The third-order valence-corrected chi connectivity index (χ3v) is 3.51. The molecule has 0 bridgehead atoms. The third kappa shape index (κ3) is 4.20. The molecular weight excluding hydrogens is 308 g/mol. The molecule has 0 atom stereocenters. The lowest BCUT2D eigenvalue weighted by Crippen LogP contribution is -2.34. The van der Waals surface area contributed by atoms with Crippen molar-refractivity contribution in [3.8, 4) is 5.75 Å². The number of carbonyl (C=O) groups is 1. The van der Waals surface area contributed by atoms with E-state index in [2.05, 4.69) is 15.3 Å². The second kappa shape index (κ2) is 8.26. The number of anilines is 1. The molecule has 1 heterocycles. The molecule has 0 spiro atoms. The van der Waals surface area contributed by atoms with Gasteiger partial charge in [0.2, 0.25) is 5.95 Å². The maximum atomic E-state index is 12.8. The molecule has 0 aliphatic rings. The van der Waals surface area contributed by atoms with Crippen LogP contribution in [0.3, 0.4) is 0 Å². The first-order chi connectivity index (χ1) is 11.6. The average molecular weight is 330 g/mol. The van der Waals surface area contributed by atoms with E-state index in [1.54, 1.807) is 32.0 Å². The normalized spacial score (nSPS) is 10.3. The summed E-state index contributed by atoms with van der Waals surface area (Å²) >= 11 is 0. The van der Waals surface area contributed by atoms with Crippen molar-refractivity contribution in [2.24, 2.45) is 0 Å². The monoisotopic (exact) mass is 330 g/mol. The first kappa shape index (κ1) is 17.7. The van der Waals surface area contributed by atoms with E-state index in [9.17, 15) is 9.90 Å². The van der Waals surface area contributed by atoms with Gasteiger partial charge in [0.15, 0.2) is 0 Å². The van der Waals surface area contributed by atoms with Crippen LogP contribution in [-0.2, 0) is 6.54 Å². The Hall–Kier alpha value is -2.67. The van der Waals surface area contributed by atoms with Crippen molar-refractivity contribution in [3.05, 3.63) is 47.3 Å². The lowest BCUT2D eigenvalue weighted by atomic mass is 10.1. The minimum Gasteiger partial charge on any atom is -0.496 e. The summed E-state index contributed by atoms with van der Waals surface area (Å²) in [6.45, 7) is 2.19. The summed E-state index contributed by atoms with van der Waals surface area (Å²) in [4.78, 5) is 22.8. The first-order valence-corrected chi connectivity index (χ1v) is 7.64. The molecule has 0 saturated heterocycles. The van der Waals surface area contributed by atoms with Gasteiger partial charge in [-0.25, -0.2) is 9.97 Å². The highest BCUT2D eigenvalue weighted by Gasteiger charge is 2.19. The predicted octanol–water partition coefficient (Wildman–Crippen LogP) is 1.47. The van der Waals surface area contributed by atoms with Crippen LogP contribution in [0.25, 0.3) is 0 Å². The SMILES string of the molecule is CNc1nc(C)cc(C(=O)N(CCO)Cc2ccccc2OC)n1. The van der Waals surface area contributed by atoms with Crippen molar-refractivity contribution in [3.63, 3.8) is 0 Å². The van der Waals surface area contributed by atoms with Gasteiger partial charge in [0, 0.05) is 31.4 Å². The maximum absolute atomic E-state index is 12.8. The van der Waals surface area contributed by atoms with Crippen molar-refractivity contribution in [2.75, 3.05) is 32.6 Å². The van der Waals surface area contributed by atoms with Crippen molar-refractivity contribution < 1.29 is 14.6 Å². The number of aliphatic hydroxyl groups excluding tert-OH is 1. The van der Waals surface area contributed by atoms with Crippen molar-refractivity contribution in [1.82, 2.24) is 14.9 Å². The zero-order valence-corrected chi connectivity index (χ0v) is 14.1. The molecule has 24 heavy (non-hydrogen) atoms. The number of aliphatic hydroxyl groups is 1. The summed E-state index contributed by atoms with van der Waals surface area (Å²) in [6.07, 6.45) is 0. The van der Waals surface area contributed by atoms with Gasteiger partial charge in [-0.2, -0.15) is 0 Å². The number of aromatic nitrogens is 2. The summed E-state index contributed by atoms with van der Waals surface area (Å²) < 4.78 is 5.33. The summed E-state index contributed by atoms with van der Waals surface area (Å²) in [6, 6.07) is 9.11. The van der Waals surface area contributed by atoms with Gasteiger partial charge < -0.3 is 20.1 Å². The Labute approximate surface area is 141 Å². The molecule has 7 heteroatoms. The van der Waals surface area contributed by atoms with Crippen molar-refractivity contribution in [2.45, 2.75) is 13.5 Å². The Bertz CT molecular complexity index is 706. The van der Waals surface area contributed by atoms with Gasteiger partial charge in [0.1, 0.15) is 11.4 Å². The lowest BCUT2D eigenvalue weighted by molar-refractivity contribution is 0.0700. The molecule has 0 aliphatic heterocycles. The van der Waals surface area contributed by atoms with Crippen LogP contribution >= 0.6 is 0 Å². The molecule has 1 aromatic heterocycles. The highest BCUT2D eigenvalue weighted by molar-refractivity contribution is 5.92. The fraction of sp³-hybridized carbons (Fsp3) is 0.353. The topological polar surface area (TPSA) is 87.6 Å². The number of amides is 1. The van der Waals surface area contributed by atoms with Crippen molar-refractivity contribution >= 4 is 11.9 Å². The molecule has 0 saturated carbocycles. The number of ether oxygens (including phenoxy) is 1. The van der Waals surface area contributed by atoms with E-state index in [0.29, 0.717) is 23.9 Å². The molecule has 1 aromatic carbocycles. The van der Waals surface area contributed by atoms with Gasteiger partial charge in [-0.05, 0) is 19.1 Å². The van der Waals surface area contributed by atoms with Crippen LogP contribution in [-0.4, -0.2) is 53.2 Å². The molecular formula is C17H22N4O3. The van der Waals surface area contributed by atoms with Crippen LogP contribution in [0.15, 0.2) is 30.3 Å². The van der Waals surface area contributed by atoms with E-state index >= 15 is 0 Å². The van der Waals surface area contributed by atoms with Crippen LogP contribution in [0.5, 0.6) is 5.75 Å². The number of para-hydroxylation sites is 1. The van der Waals surface area contributed by atoms with Crippen molar-refractivity contribution in [1.29, 1.82) is 0 Å². The van der Waals surface area contributed by atoms with Crippen LogP contribution in [0.4, 0.5) is 5.95 Å². The maximum Gasteiger partial charge on any atom is 0.273 e. The molecule has 0 aliphatic carbocycles. The van der Waals surface area contributed by atoms with Gasteiger partial charge in [0.25, 0.3) is 5.91 Å². The number of hydrogen-bond donors (Lipinski definition) is 2. The number of methoxy groups -OCH3 is 1. The summed E-state index contributed by atoms with van der Waals surface area (Å²) in [5.74, 6) is 0.819. The van der Waals surface area contributed by atoms with E-state index in [-0.39, 0.29) is 24.8 Å². The molecule has 2 rings (SSSR count). The highest BCUT2D eigenvalue weighted by Crippen LogP contribution is 2.20. The number of nitrogens with zero attached hydrogens (tertiary/aromatic N) is 3. The molecule has 0 radical (unpaired) electrons. The number of aryl methyl sites for hydroxylation is 1. The van der Waals surface area contributed by atoms with Crippen LogP contribution in [0.1, 0.15) is 21.7 Å². The van der Waals surface area contributed by atoms with E-state index in [4.69, 9.17) is 4.74 Å². The average Bonchev–Trinajstić information content (AvgIpc) is 2.60. The predicted molar refractivity (Wildman–Crippen MR) is 91.1 cm³/mol.